The first-order valence-corrected chi connectivity index (χ1v) is 5.69. The maximum atomic E-state index is 11.4. The van der Waals surface area contributed by atoms with Crippen molar-refractivity contribution in [2.75, 3.05) is 18.4 Å². The van der Waals surface area contributed by atoms with E-state index in [1.807, 2.05) is 13.8 Å². The first-order valence-electron chi connectivity index (χ1n) is 5.69. The number of carboxylic acid groups (broad SMARTS) is 1. The van der Waals surface area contributed by atoms with Crippen molar-refractivity contribution >= 4 is 17.6 Å². The molecule has 98 valence electrons. The molecule has 3 N–H and O–H groups in total. The fourth-order valence-electron chi connectivity index (χ4n) is 1.19. The summed E-state index contributed by atoms with van der Waals surface area (Å²) in [6, 6.07) is 2.96. The van der Waals surface area contributed by atoms with E-state index in [-0.39, 0.29) is 18.1 Å². The van der Waals surface area contributed by atoms with Crippen LogP contribution in [0.25, 0.3) is 0 Å². The van der Waals surface area contributed by atoms with E-state index in [9.17, 15) is 9.59 Å². The van der Waals surface area contributed by atoms with Gasteiger partial charge < -0.3 is 15.7 Å². The van der Waals surface area contributed by atoms with E-state index in [0.717, 1.165) is 0 Å². The van der Waals surface area contributed by atoms with Crippen LogP contribution in [0.1, 0.15) is 24.3 Å². The summed E-state index contributed by atoms with van der Waals surface area (Å²) in [5, 5.41) is 14.3. The van der Waals surface area contributed by atoms with Crippen LogP contribution in [-0.2, 0) is 4.79 Å². The van der Waals surface area contributed by atoms with Gasteiger partial charge in [0.05, 0.1) is 18.4 Å². The summed E-state index contributed by atoms with van der Waals surface area (Å²) in [5.41, 5.74) is 0.588. The topological polar surface area (TPSA) is 91.3 Å². The van der Waals surface area contributed by atoms with Gasteiger partial charge in [-0.1, -0.05) is 13.8 Å². The van der Waals surface area contributed by atoms with Crippen molar-refractivity contribution in [1.82, 2.24) is 10.3 Å². The fourth-order valence-corrected chi connectivity index (χ4v) is 1.19. The van der Waals surface area contributed by atoms with Crippen molar-refractivity contribution in [3.63, 3.8) is 0 Å². The summed E-state index contributed by atoms with van der Waals surface area (Å²) in [4.78, 5) is 25.7. The van der Waals surface area contributed by atoms with Crippen molar-refractivity contribution in [2.24, 2.45) is 5.92 Å². The van der Waals surface area contributed by atoms with Gasteiger partial charge in [-0.15, -0.1) is 0 Å². The Bertz CT molecular complexity index is 415. The number of hydrogen-bond donors (Lipinski definition) is 3. The minimum atomic E-state index is -1.07. The lowest BCUT2D eigenvalue weighted by Gasteiger charge is -2.09. The lowest BCUT2D eigenvalue weighted by atomic mass is 10.2. The second-order valence-electron chi connectivity index (χ2n) is 4.29. The highest BCUT2D eigenvalue weighted by Crippen LogP contribution is 2.05. The second-order valence-corrected chi connectivity index (χ2v) is 4.29. The number of aromatic nitrogens is 1. The van der Waals surface area contributed by atoms with Gasteiger partial charge in [-0.25, -0.2) is 9.78 Å². The number of carbonyl (C=O) groups excluding carboxylic acids is 1. The van der Waals surface area contributed by atoms with Crippen LogP contribution >= 0.6 is 0 Å². The molecule has 6 heteroatoms. The summed E-state index contributed by atoms with van der Waals surface area (Å²) >= 11 is 0. The van der Waals surface area contributed by atoms with Crippen molar-refractivity contribution in [3.05, 3.63) is 24.0 Å². The van der Waals surface area contributed by atoms with Crippen LogP contribution < -0.4 is 10.6 Å². The number of carboxylic acids is 1. The number of rotatable bonds is 6. The maximum absolute atomic E-state index is 11.4. The standard InChI is InChI=1S/C12H17N3O3/c1-8(2)5-15-11(16)7-13-9-3-4-10(12(17)18)14-6-9/h3-4,6,8,13H,5,7H2,1-2H3,(H,15,16)(H,17,18). The highest BCUT2D eigenvalue weighted by Gasteiger charge is 2.05. The molecular formula is C12H17N3O3. The van der Waals surface area contributed by atoms with Gasteiger partial charge in [-0.2, -0.15) is 0 Å². The molecule has 1 amide bonds. The van der Waals surface area contributed by atoms with Gasteiger partial charge in [0, 0.05) is 6.54 Å². The minimum Gasteiger partial charge on any atom is -0.477 e. The zero-order chi connectivity index (χ0) is 13.5. The molecule has 18 heavy (non-hydrogen) atoms. The molecule has 0 bridgehead atoms. The van der Waals surface area contributed by atoms with Gasteiger partial charge in [-0.05, 0) is 18.1 Å². The van der Waals surface area contributed by atoms with Crippen LogP contribution in [0.3, 0.4) is 0 Å². The number of nitrogens with one attached hydrogen (secondary N) is 2. The minimum absolute atomic E-state index is 0.0233. The van der Waals surface area contributed by atoms with Crippen molar-refractivity contribution < 1.29 is 14.7 Å². The SMILES string of the molecule is CC(C)CNC(=O)CNc1ccc(C(=O)O)nc1. The Morgan fingerprint density at radius 2 is 2.11 bits per heavy atom. The number of carbonyl (C=O) groups is 2. The van der Waals surface area contributed by atoms with Gasteiger partial charge in [0.15, 0.2) is 0 Å². The Kier molecular flexibility index (Phi) is 5.10. The molecule has 0 saturated heterocycles. The first kappa shape index (κ1) is 14.0. The molecule has 1 heterocycles. The normalized spacial score (nSPS) is 10.2. The average molecular weight is 251 g/mol. The Balaban J connectivity index is 2.39. The van der Waals surface area contributed by atoms with E-state index in [1.54, 1.807) is 6.07 Å². The number of amides is 1. The van der Waals surface area contributed by atoms with E-state index in [1.165, 1.54) is 12.3 Å². The van der Waals surface area contributed by atoms with E-state index in [2.05, 4.69) is 15.6 Å². The molecule has 6 nitrogen and oxygen atoms in total. The predicted molar refractivity (Wildman–Crippen MR) is 67.5 cm³/mol. The summed E-state index contributed by atoms with van der Waals surface area (Å²) in [5.74, 6) is -0.771. The zero-order valence-electron chi connectivity index (χ0n) is 10.4. The van der Waals surface area contributed by atoms with Crippen LogP contribution in [0.4, 0.5) is 5.69 Å². The Morgan fingerprint density at radius 3 is 2.61 bits per heavy atom. The van der Waals surface area contributed by atoms with Crippen LogP contribution in [0.15, 0.2) is 18.3 Å². The molecular weight excluding hydrogens is 234 g/mol. The molecule has 1 rings (SSSR count). The summed E-state index contributed by atoms with van der Waals surface area (Å²) in [6.07, 6.45) is 1.39. The van der Waals surface area contributed by atoms with Gasteiger partial charge in [-0.3, -0.25) is 4.79 Å². The third kappa shape index (κ3) is 4.82. The summed E-state index contributed by atoms with van der Waals surface area (Å²) in [7, 11) is 0. The second kappa shape index (κ2) is 6.58. The molecule has 0 saturated carbocycles. The molecule has 0 spiro atoms. The predicted octanol–water partition coefficient (Wildman–Crippen LogP) is 0.964. The van der Waals surface area contributed by atoms with Crippen molar-refractivity contribution in [3.8, 4) is 0 Å². The number of anilines is 1. The highest BCUT2D eigenvalue weighted by molar-refractivity contribution is 5.85. The van der Waals surface area contributed by atoms with E-state index >= 15 is 0 Å². The molecule has 1 aromatic rings. The number of nitrogens with zero attached hydrogens (tertiary/aromatic N) is 1. The molecule has 0 aliphatic rings. The lowest BCUT2D eigenvalue weighted by molar-refractivity contribution is -0.119. The fraction of sp³-hybridized carbons (Fsp3) is 0.417. The molecule has 0 aromatic carbocycles. The zero-order valence-corrected chi connectivity index (χ0v) is 10.4. The maximum Gasteiger partial charge on any atom is 0.354 e. The summed E-state index contributed by atoms with van der Waals surface area (Å²) in [6.45, 7) is 4.81. The lowest BCUT2D eigenvalue weighted by Crippen LogP contribution is -2.32. The highest BCUT2D eigenvalue weighted by atomic mass is 16.4. The quantitative estimate of drug-likeness (QED) is 0.700. The van der Waals surface area contributed by atoms with Crippen LogP contribution in [0.5, 0.6) is 0 Å². The number of pyridine rings is 1. The monoisotopic (exact) mass is 251 g/mol. The molecule has 0 fully saturated rings. The largest absolute Gasteiger partial charge is 0.477 e. The molecule has 0 unspecified atom stereocenters. The van der Waals surface area contributed by atoms with Crippen LogP contribution in [0, 0.1) is 5.92 Å². The first-order chi connectivity index (χ1) is 8.49. The van der Waals surface area contributed by atoms with Gasteiger partial charge in [0.2, 0.25) is 5.91 Å². The van der Waals surface area contributed by atoms with E-state index < -0.39 is 5.97 Å². The van der Waals surface area contributed by atoms with Crippen molar-refractivity contribution in [2.45, 2.75) is 13.8 Å². The molecule has 0 aliphatic carbocycles. The molecule has 0 radical (unpaired) electrons. The van der Waals surface area contributed by atoms with Gasteiger partial charge >= 0.3 is 5.97 Å². The van der Waals surface area contributed by atoms with Crippen LogP contribution in [-0.4, -0.2) is 35.1 Å². The summed E-state index contributed by atoms with van der Waals surface area (Å²) < 4.78 is 0. The molecule has 0 atom stereocenters. The Hall–Kier alpha value is -2.11. The average Bonchev–Trinajstić information content (AvgIpc) is 2.34. The smallest absolute Gasteiger partial charge is 0.354 e. The third-order valence-electron chi connectivity index (χ3n) is 2.14. The Morgan fingerprint density at radius 1 is 1.39 bits per heavy atom. The van der Waals surface area contributed by atoms with E-state index in [0.29, 0.717) is 18.2 Å². The molecule has 1 aromatic heterocycles. The van der Waals surface area contributed by atoms with Crippen LogP contribution in [0.2, 0.25) is 0 Å². The van der Waals surface area contributed by atoms with Gasteiger partial charge in [0.1, 0.15) is 5.69 Å². The van der Waals surface area contributed by atoms with Crippen molar-refractivity contribution in [1.29, 1.82) is 0 Å². The van der Waals surface area contributed by atoms with E-state index in [4.69, 9.17) is 5.11 Å². The Labute approximate surface area is 105 Å². The van der Waals surface area contributed by atoms with Gasteiger partial charge in [0.25, 0.3) is 0 Å². The number of aromatic carboxylic acids is 1. The third-order valence-corrected chi connectivity index (χ3v) is 2.14. The molecule has 0 aliphatic heterocycles. The number of hydrogen-bond acceptors (Lipinski definition) is 4.